The van der Waals surface area contributed by atoms with Gasteiger partial charge < -0.3 is 5.11 Å². The Hall–Kier alpha value is -0.920. The van der Waals surface area contributed by atoms with Gasteiger partial charge in [-0.05, 0) is 12.8 Å². The van der Waals surface area contributed by atoms with Crippen LogP contribution in [0.3, 0.4) is 0 Å². The third-order valence-corrected chi connectivity index (χ3v) is 4.53. The molecule has 0 amide bonds. The van der Waals surface area contributed by atoms with Crippen LogP contribution in [0, 0.1) is 0 Å². The third kappa shape index (κ3) is 3.05. The maximum Gasteiger partial charge on any atom is 0.244 e. The molecule has 1 aliphatic carbocycles. The van der Waals surface area contributed by atoms with Gasteiger partial charge in [-0.25, -0.2) is 13.1 Å². The molecule has 0 bridgehead atoms. The largest absolute Gasteiger partial charge is 0.391 e. The summed E-state index contributed by atoms with van der Waals surface area (Å²) in [5.41, 5.74) is 0. The van der Waals surface area contributed by atoms with E-state index in [1.807, 2.05) is 0 Å². The molecule has 1 aliphatic rings. The molecule has 6 nitrogen and oxygen atoms in total. The van der Waals surface area contributed by atoms with E-state index in [-0.39, 0.29) is 4.90 Å². The van der Waals surface area contributed by atoms with Gasteiger partial charge in [-0.2, -0.15) is 5.10 Å². The van der Waals surface area contributed by atoms with Crippen LogP contribution in [0.15, 0.2) is 17.3 Å². The molecule has 3 N–H and O–H groups in total. The molecule has 1 heterocycles. The molecule has 0 radical (unpaired) electrons. The maximum atomic E-state index is 11.9. The minimum atomic E-state index is -3.57. The van der Waals surface area contributed by atoms with Crippen LogP contribution in [0.5, 0.6) is 0 Å². The van der Waals surface area contributed by atoms with E-state index in [4.69, 9.17) is 0 Å². The number of H-pyrrole nitrogens is 1. The van der Waals surface area contributed by atoms with Crippen molar-refractivity contribution in [2.24, 2.45) is 0 Å². The van der Waals surface area contributed by atoms with Crippen LogP contribution in [0.25, 0.3) is 0 Å². The van der Waals surface area contributed by atoms with Crippen molar-refractivity contribution in [2.75, 3.05) is 0 Å². The molecule has 0 aliphatic heterocycles. The standard InChI is InChI=1S/C10H17N3O3S/c14-10-5-3-1-2-4-9(10)13-17(15,16)8-6-11-12-7-8/h6-7,9-10,13-14H,1-5H2,(H,11,12). The van der Waals surface area contributed by atoms with Crippen LogP contribution < -0.4 is 4.72 Å². The summed E-state index contributed by atoms with van der Waals surface area (Å²) in [4.78, 5) is 0.106. The number of sulfonamides is 1. The number of aliphatic hydroxyl groups excluding tert-OH is 1. The molecule has 0 spiro atoms. The van der Waals surface area contributed by atoms with Crippen LogP contribution in [-0.2, 0) is 10.0 Å². The Labute approximate surface area is 100 Å². The lowest BCUT2D eigenvalue weighted by molar-refractivity contribution is 0.130. The molecular formula is C10H17N3O3S. The van der Waals surface area contributed by atoms with Gasteiger partial charge in [-0.1, -0.05) is 19.3 Å². The van der Waals surface area contributed by atoms with Crippen LogP contribution in [0.1, 0.15) is 32.1 Å². The van der Waals surface area contributed by atoms with E-state index in [2.05, 4.69) is 14.9 Å². The van der Waals surface area contributed by atoms with Crippen LogP contribution in [0.4, 0.5) is 0 Å². The molecule has 2 atom stereocenters. The van der Waals surface area contributed by atoms with E-state index in [1.54, 1.807) is 0 Å². The van der Waals surface area contributed by atoms with E-state index >= 15 is 0 Å². The van der Waals surface area contributed by atoms with Crippen molar-refractivity contribution in [3.05, 3.63) is 12.4 Å². The lowest BCUT2D eigenvalue weighted by atomic mass is 10.1. The first kappa shape index (κ1) is 12.5. The number of hydrogen-bond donors (Lipinski definition) is 3. The highest BCUT2D eigenvalue weighted by atomic mass is 32.2. The Morgan fingerprint density at radius 2 is 2.12 bits per heavy atom. The second kappa shape index (κ2) is 5.16. The second-order valence-corrected chi connectivity index (χ2v) is 6.08. The first-order valence-electron chi connectivity index (χ1n) is 5.79. The van der Waals surface area contributed by atoms with Gasteiger partial charge in [0.1, 0.15) is 4.90 Å². The summed E-state index contributed by atoms with van der Waals surface area (Å²) in [6.07, 6.45) is 6.24. The molecule has 1 aromatic heterocycles. The molecule has 2 rings (SSSR count). The summed E-state index contributed by atoms with van der Waals surface area (Å²) in [7, 11) is -3.57. The highest BCUT2D eigenvalue weighted by Gasteiger charge is 2.27. The van der Waals surface area contributed by atoms with E-state index in [0.717, 1.165) is 19.3 Å². The molecule has 1 aromatic rings. The summed E-state index contributed by atoms with van der Waals surface area (Å²) < 4.78 is 26.4. The zero-order valence-corrected chi connectivity index (χ0v) is 10.3. The van der Waals surface area contributed by atoms with Crippen molar-refractivity contribution >= 4 is 10.0 Å². The normalized spacial score (nSPS) is 26.6. The van der Waals surface area contributed by atoms with Gasteiger partial charge in [0.15, 0.2) is 0 Å². The van der Waals surface area contributed by atoms with Gasteiger partial charge in [0.25, 0.3) is 0 Å². The Kier molecular flexibility index (Phi) is 3.80. The fourth-order valence-corrected chi connectivity index (χ4v) is 3.29. The smallest absolute Gasteiger partial charge is 0.244 e. The van der Waals surface area contributed by atoms with Crippen molar-refractivity contribution in [3.8, 4) is 0 Å². The number of nitrogens with zero attached hydrogens (tertiary/aromatic N) is 1. The monoisotopic (exact) mass is 259 g/mol. The molecule has 96 valence electrons. The van der Waals surface area contributed by atoms with Gasteiger partial charge in [-0.3, -0.25) is 5.10 Å². The summed E-state index contributed by atoms with van der Waals surface area (Å²) in [5.74, 6) is 0. The van der Waals surface area contributed by atoms with Crippen LogP contribution >= 0.6 is 0 Å². The minimum Gasteiger partial charge on any atom is -0.391 e. The highest BCUT2D eigenvalue weighted by Crippen LogP contribution is 2.19. The molecular weight excluding hydrogens is 242 g/mol. The fourth-order valence-electron chi connectivity index (χ4n) is 2.08. The molecule has 17 heavy (non-hydrogen) atoms. The fraction of sp³-hybridized carbons (Fsp3) is 0.700. The highest BCUT2D eigenvalue weighted by molar-refractivity contribution is 7.89. The first-order chi connectivity index (χ1) is 8.09. The molecule has 0 aromatic carbocycles. The second-order valence-electron chi connectivity index (χ2n) is 4.37. The zero-order valence-electron chi connectivity index (χ0n) is 9.46. The minimum absolute atomic E-state index is 0.106. The SMILES string of the molecule is O=S(=O)(NC1CCCCCC1O)c1cn[nH]c1. The van der Waals surface area contributed by atoms with Crippen LogP contribution in [-0.4, -0.2) is 35.9 Å². The molecule has 7 heteroatoms. The van der Waals surface area contributed by atoms with Crippen LogP contribution in [0.2, 0.25) is 0 Å². The van der Waals surface area contributed by atoms with E-state index in [0.29, 0.717) is 12.8 Å². The Balaban J connectivity index is 2.09. The Morgan fingerprint density at radius 1 is 1.35 bits per heavy atom. The van der Waals surface area contributed by atoms with Gasteiger partial charge >= 0.3 is 0 Å². The molecule has 1 fully saturated rings. The van der Waals surface area contributed by atoms with Gasteiger partial charge in [0, 0.05) is 12.2 Å². The lowest BCUT2D eigenvalue weighted by Gasteiger charge is -2.21. The lowest BCUT2D eigenvalue weighted by Crippen LogP contribution is -2.42. The van der Waals surface area contributed by atoms with E-state index < -0.39 is 22.2 Å². The summed E-state index contributed by atoms with van der Waals surface area (Å²) in [6, 6.07) is -0.391. The van der Waals surface area contributed by atoms with E-state index in [9.17, 15) is 13.5 Å². The Morgan fingerprint density at radius 3 is 2.82 bits per heavy atom. The zero-order chi connectivity index (χ0) is 12.3. The van der Waals surface area contributed by atoms with Gasteiger partial charge in [-0.15, -0.1) is 0 Å². The molecule has 0 saturated heterocycles. The topological polar surface area (TPSA) is 95.1 Å². The predicted octanol–water partition coefficient (Wildman–Crippen LogP) is 0.382. The number of aromatic amines is 1. The average molecular weight is 259 g/mol. The molecule has 1 saturated carbocycles. The number of nitrogens with one attached hydrogen (secondary N) is 2. The van der Waals surface area contributed by atoms with Crippen molar-refractivity contribution in [2.45, 2.75) is 49.1 Å². The quantitative estimate of drug-likeness (QED) is 0.684. The summed E-state index contributed by atoms with van der Waals surface area (Å²) in [5, 5.41) is 15.9. The number of rotatable bonds is 3. The number of aromatic nitrogens is 2. The van der Waals surface area contributed by atoms with Crippen molar-refractivity contribution < 1.29 is 13.5 Å². The van der Waals surface area contributed by atoms with E-state index in [1.165, 1.54) is 12.4 Å². The van der Waals surface area contributed by atoms with Gasteiger partial charge in [0.05, 0.1) is 12.3 Å². The van der Waals surface area contributed by atoms with Crippen molar-refractivity contribution in [1.82, 2.24) is 14.9 Å². The van der Waals surface area contributed by atoms with Crippen molar-refractivity contribution in [3.63, 3.8) is 0 Å². The van der Waals surface area contributed by atoms with Gasteiger partial charge in [0.2, 0.25) is 10.0 Å². The predicted molar refractivity (Wildman–Crippen MR) is 61.8 cm³/mol. The number of hydrogen-bond acceptors (Lipinski definition) is 4. The third-order valence-electron chi connectivity index (χ3n) is 3.07. The maximum absolute atomic E-state index is 11.9. The first-order valence-corrected chi connectivity index (χ1v) is 7.27. The van der Waals surface area contributed by atoms with Crippen molar-refractivity contribution in [1.29, 1.82) is 0 Å². The average Bonchev–Trinajstić information content (AvgIpc) is 2.74. The summed E-state index contributed by atoms with van der Waals surface area (Å²) in [6.45, 7) is 0. The molecule has 2 unspecified atom stereocenters. The number of aliphatic hydroxyl groups is 1. The Bertz CT molecular complexity index is 443. The summed E-state index contributed by atoms with van der Waals surface area (Å²) >= 11 is 0.